The second-order valence-corrected chi connectivity index (χ2v) is 6.33. The summed E-state index contributed by atoms with van der Waals surface area (Å²) in [4.78, 5) is 2.44. The first-order valence-electron chi connectivity index (χ1n) is 8.54. The predicted octanol–water partition coefficient (Wildman–Crippen LogP) is 2.65. The zero-order valence-electron chi connectivity index (χ0n) is 13.8. The van der Waals surface area contributed by atoms with Gasteiger partial charge in [-0.3, -0.25) is 4.90 Å². The lowest BCUT2D eigenvalue weighted by Gasteiger charge is -2.35. The van der Waals surface area contributed by atoms with E-state index in [4.69, 9.17) is 14.2 Å². The van der Waals surface area contributed by atoms with Gasteiger partial charge in [-0.05, 0) is 49.9 Å². The maximum atomic E-state index is 13.7. The van der Waals surface area contributed by atoms with E-state index in [0.29, 0.717) is 5.75 Å². The van der Waals surface area contributed by atoms with Gasteiger partial charge in [0.05, 0.1) is 25.9 Å². The van der Waals surface area contributed by atoms with E-state index in [9.17, 15) is 4.39 Å². The van der Waals surface area contributed by atoms with Crippen molar-refractivity contribution in [3.63, 3.8) is 0 Å². The van der Waals surface area contributed by atoms with E-state index in [1.165, 1.54) is 7.11 Å². The van der Waals surface area contributed by atoms with E-state index in [2.05, 4.69) is 4.90 Å². The van der Waals surface area contributed by atoms with E-state index in [0.717, 1.165) is 64.1 Å². The number of rotatable bonds is 6. The SMILES string of the molecule is COc1ccc(CCCN2CCOC(C3CCCO3)C2)cc1F. The van der Waals surface area contributed by atoms with Crippen molar-refractivity contribution in [2.45, 2.75) is 37.9 Å². The highest BCUT2D eigenvalue weighted by atomic mass is 19.1. The first kappa shape index (κ1) is 16.7. The van der Waals surface area contributed by atoms with E-state index < -0.39 is 0 Å². The van der Waals surface area contributed by atoms with Gasteiger partial charge in [-0.2, -0.15) is 0 Å². The van der Waals surface area contributed by atoms with Crippen molar-refractivity contribution < 1.29 is 18.6 Å². The molecule has 128 valence electrons. The average molecular weight is 323 g/mol. The van der Waals surface area contributed by atoms with Crippen LogP contribution in [0.5, 0.6) is 5.75 Å². The minimum atomic E-state index is -0.283. The second-order valence-electron chi connectivity index (χ2n) is 6.33. The summed E-state index contributed by atoms with van der Waals surface area (Å²) in [5.41, 5.74) is 1.02. The van der Waals surface area contributed by atoms with Gasteiger partial charge in [0.25, 0.3) is 0 Å². The molecular weight excluding hydrogens is 297 g/mol. The minimum Gasteiger partial charge on any atom is -0.494 e. The van der Waals surface area contributed by atoms with Crippen molar-refractivity contribution in [2.75, 3.05) is 40.0 Å². The molecule has 2 aliphatic heterocycles. The van der Waals surface area contributed by atoms with Gasteiger partial charge in [-0.25, -0.2) is 4.39 Å². The van der Waals surface area contributed by atoms with Crippen molar-refractivity contribution in [3.05, 3.63) is 29.6 Å². The van der Waals surface area contributed by atoms with Gasteiger partial charge >= 0.3 is 0 Å². The summed E-state index contributed by atoms with van der Waals surface area (Å²) < 4.78 is 30.3. The van der Waals surface area contributed by atoms with Gasteiger partial charge in [-0.1, -0.05) is 6.07 Å². The number of methoxy groups -OCH3 is 1. The highest BCUT2D eigenvalue weighted by molar-refractivity contribution is 5.29. The molecule has 2 unspecified atom stereocenters. The molecule has 0 saturated carbocycles. The van der Waals surface area contributed by atoms with Crippen molar-refractivity contribution in [3.8, 4) is 5.75 Å². The van der Waals surface area contributed by atoms with E-state index in [1.54, 1.807) is 12.1 Å². The fraction of sp³-hybridized carbons (Fsp3) is 0.667. The van der Waals surface area contributed by atoms with Gasteiger partial charge in [0, 0.05) is 19.7 Å². The van der Waals surface area contributed by atoms with Crippen LogP contribution < -0.4 is 4.74 Å². The second kappa shape index (κ2) is 8.08. The fourth-order valence-corrected chi connectivity index (χ4v) is 3.43. The van der Waals surface area contributed by atoms with Crippen molar-refractivity contribution in [1.82, 2.24) is 4.90 Å². The van der Waals surface area contributed by atoms with Gasteiger partial charge in [-0.15, -0.1) is 0 Å². The third-order valence-electron chi connectivity index (χ3n) is 4.71. The number of aryl methyl sites for hydroxylation is 1. The summed E-state index contributed by atoms with van der Waals surface area (Å²) in [7, 11) is 1.49. The smallest absolute Gasteiger partial charge is 0.165 e. The van der Waals surface area contributed by atoms with Gasteiger partial charge in [0.15, 0.2) is 11.6 Å². The maximum absolute atomic E-state index is 13.7. The molecule has 0 amide bonds. The van der Waals surface area contributed by atoms with Crippen LogP contribution in [0, 0.1) is 5.82 Å². The molecule has 0 aromatic heterocycles. The number of ether oxygens (including phenoxy) is 3. The summed E-state index contributed by atoms with van der Waals surface area (Å²) in [5.74, 6) is 0.0242. The van der Waals surface area contributed by atoms with Gasteiger partial charge in [0.2, 0.25) is 0 Å². The molecule has 2 fully saturated rings. The van der Waals surface area contributed by atoms with Crippen LogP contribution >= 0.6 is 0 Å². The zero-order valence-corrected chi connectivity index (χ0v) is 13.8. The topological polar surface area (TPSA) is 30.9 Å². The quantitative estimate of drug-likeness (QED) is 0.805. The van der Waals surface area contributed by atoms with Crippen LogP contribution in [0.15, 0.2) is 18.2 Å². The molecule has 1 aromatic rings. The molecule has 5 heteroatoms. The molecule has 0 aliphatic carbocycles. The summed E-state index contributed by atoms with van der Waals surface area (Å²) >= 11 is 0. The molecule has 2 atom stereocenters. The van der Waals surface area contributed by atoms with Crippen molar-refractivity contribution in [1.29, 1.82) is 0 Å². The molecule has 0 radical (unpaired) electrons. The standard InChI is InChI=1S/C18H26FNO3/c1-21-16-7-6-14(12-15(16)19)4-2-8-20-9-11-23-18(13-20)17-5-3-10-22-17/h6-7,12,17-18H,2-5,8-11,13H2,1H3. The van der Waals surface area contributed by atoms with Crippen molar-refractivity contribution in [2.24, 2.45) is 0 Å². The molecule has 2 heterocycles. The number of benzene rings is 1. The Kier molecular flexibility index (Phi) is 5.86. The molecule has 2 saturated heterocycles. The molecule has 0 spiro atoms. The van der Waals surface area contributed by atoms with Crippen LogP contribution in [0.2, 0.25) is 0 Å². The van der Waals surface area contributed by atoms with E-state index in [-0.39, 0.29) is 18.0 Å². The number of morpholine rings is 1. The average Bonchev–Trinajstić information content (AvgIpc) is 3.10. The van der Waals surface area contributed by atoms with Crippen LogP contribution in [0.25, 0.3) is 0 Å². The molecule has 4 nitrogen and oxygen atoms in total. The third kappa shape index (κ3) is 4.43. The first-order valence-corrected chi connectivity index (χ1v) is 8.54. The van der Waals surface area contributed by atoms with Crippen molar-refractivity contribution >= 4 is 0 Å². The summed E-state index contributed by atoms with van der Waals surface area (Å²) in [6, 6.07) is 5.22. The molecule has 3 rings (SSSR count). The first-order chi connectivity index (χ1) is 11.3. The molecular formula is C18H26FNO3. The van der Waals surface area contributed by atoms with E-state index >= 15 is 0 Å². The summed E-state index contributed by atoms with van der Waals surface area (Å²) in [5, 5.41) is 0. The number of hydrogen-bond donors (Lipinski definition) is 0. The molecule has 1 aromatic carbocycles. The Balaban J connectivity index is 1.43. The summed E-state index contributed by atoms with van der Waals surface area (Å²) in [6.45, 7) is 4.58. The zero-order chi connectivity index (χ0) is 16.1. The number of nitrogens with zero attached hydrogens (tertiary/aromatic N) is 1. The highest BCUT2D eigenvalue weighted by Crippen LogP contribution is 2.22. The molecule has 0 N–H and O–H groups in total. The number of hydrogen-bond acceptors (Lipinski definition) is 4. The Morgan fingerprint density at radius 3 is 2.87 bits per heavy atom. The Labute approximate surface area is 137 Å². The summed E-state index contributed by atoms with van der Waals surface area (Å²) in [6.07, 6.45) is 4.64. The Hall–Kier alpha value is -1.17. The van der Waals surface area contributed by atoms with Crippen LogP contribution in [0.1, 0.15) is 24.8 Å². The third-order valence-corrected chi connectivity index (χ3v) is 4.71. The predicted molar refractivity (Wildman–Crippen MR) is 86.4 cm³/mol. The van der Waals surface area contributed by atoms with Crippen LogP contribution in [0.3, 0.4) is 0 Å². The lowest BCUT2D eigenvalue weighted by Crippen LogP contribution is -2.47. The highest BCUT2D eigenvalue weighted by Gasteiger charge is 2.30. The monoisotopic (exact) mass is 323 g/mol. The van der Waals surface area contributed by atoms with Crippen LogP contribution in [-0.2, 0) is 15.9 Å². The Morgan fingerprint density at radius 1 is 1.26 bits per heavy atom. The molecule has 23 heavy (non-hydrogen) atoms. The largest absolute Gasteiger partial charge is 0.494 e. The van der Waals surface area contributed by atoms with Crippen LogP contribution in [-0.4, -0.2) is 57.1 Å². The Bertz CT molecular complexity index is 505. The molecule has 0 bridgehead atoms. The van der Waals surface area contributed by atoms with Crippen LogP contribution in [0.4, 0.5) is 4.39 Å². The number of halogens is 1. The lowest BCUT2D eigenvalue weighted by atomic mass is 10.1. The van der Waals surface area contributed by atoms with Gasteiger partial charge < -0.3 is 14.2 Å². The molecule has 2 aliphatic rings. The lowest BCUT2D eigenvalue weighted by molar-refractivity contribution is -0.0942. The minimum absolute atomic E-state index is 0.213. The van der Waals surface area contributed by atoms with Gasteiger partial charge in [0.1, 0.15) is 0 Å². The maximum Gasteiger partial charge on any atom is 0.165 e. The fourth-order valence-electron chi connectivity index (χ4n) is 3.43. The Morgan fingerprint density at radius 2 is 2.13 bits per heavy atom. The van der Waals surface area contributed by atoms with E-state index in [1.807, 2.05) is 6.07 Å². The normalized spacial score (nSPS) is 25.7.